The van der Waals surface area contributed by atoms with Crippen LogP contribution in [0.1, 0.15) is 29.8 Å². The molecule has 0 aromatic heterocycles. The molecule has 1 amide bonds. The zero-order valence-corrected chi connectivity index (χ0v) is 10.3. The predicted molar refractivity (Wildman–Crippen MR) is 65.5 cm³/mol. The molecule has 17 heavy (non-hydrogen) atoms. The van der Waals surface area contributed by atoms with Crippen molar-refractivity contribution in [3.8, 4) is 0 Å². The second-order valence-corrected chi connectivity index (χ2v) is 4.25. The lowest BCUT2D eigenvalue weighted by molar-refractivity contribution is 0.148. The van der Waals surface area contributed by atoms with Crippen molar-refractivity contribution in [1.82, 2.24) is 4.90 Å². The van der Waals surface area contributed by atoms with Gasteiger partial charge in [-0.1, -0.05) is 25.1 Å². The van der Waals surface area contributed by atoms with Gasteiger partial charge in [0.05, 0.1) is 6.54 Å². The summed E-state index contributed by atoms with van der Waals surface area (Å²) in [4.78, 5) is 13.1. The lowest BCUT2D eigenvalue weighted by atomic mass is 9.97. The summed E-state index contributed by atoms with van der Waals surface area (Å²) in [5.74, 6) is 0. The minimum atomic E-state index is -0.402. The Morgan fingerprint density at radius 2 is 2.29 bits per heavy atom. The molecule has 0 bridgehead atoms. The highest BCUT2D eigenvalue weighted by atomic mass is 16.6. The molecule has 1 aliphatic rings. The number of benzene rings is 1. The van der Waals surface area contributed by atoms with Crippen LogP contribution in [0.25, 0.3) is 0 Å². The maximum Gasteiger partial charge on any atom is 0.411 e. The van der Waals surface area contributed by atoms with Crippen LogP contribution in [0.4, 0.5) is 4.79 Å². The molecule has 4 heteroatoms. The molecule has 0 aliphatic carbocycles. The first-order chi connectivity index (χ1) is 8.15. The average Bonchev–Trinajstić information content (AvgIpc) is 2.74. The summed E-state index contributed by atoms with van der Waals surface area (Å²) in [6.45, 7) is 5.11. The smallest absolute Gasteiger partial charge is 0.411 e. The summed E-state index contributed by atoms with van der Waals surface area (Å²) in [6.07, 6.45) is 0.192. The van der Waals surface area contributed by atoms with E-state index in [2.05, 4.69) is 13.0 Å². The number of carbonyl (C=O) groups excluding carboxylic acids is 1. The Kier molecular flexibility index (Phi) is 3.33. The van der Waals surface area contributed by atoms with Gasteiger partial charge in [-0.15, -0.1) is 0 Å². The van der Waals surface area contributed by atoms with Gasteiger partial charge in [-0.05, 0) is 30.0 Å². The van der Waals surface area contributed by atoms with Gasteiger partial charge in [0, 0.05) is 0 Å². The van der Waals surface area contributed by atoms with Gasteiger partial charge in [0.25, 0.3) is 0 Å². The number of carbonyl (C=O) groups is 1. The summed E-state index contributed by atoms with van der Waals surface area (Å²) in [5, 5.41) is 0. The van der Waals surface area contributed by atoms with Crippen LogP contribution in [0.5, 0.6) is 0 Å². The third-order valence-electron chi connectivity index (χ3n) is 3.22. The molecule has 1 heterocycles. The fourth-order valence-corrected chi connectivity index (χ4v) is 2.29. The number of amides is 1. The van der Waals surface area contributed by atoms with Crippen LogP contribution in [0, 0.1) is 6.92 Å². The van der Waals surface area contributed by atoms with Crippen molar-refractivity contribution in [3.63, 3.8) is 0 Å². The fourth-order valence-electron chi connectivity index (χ4n) is 2.29. The van der Waals surface area contributed by atoms with E-state index in [-0.39, 0.29) is 6.09 Å². The number of nitrogens with two attached hydrogens (primary N) is 1. The van der Waals surface area contributed by atoms with Crippen LogP contribution < -0.4 is 5.73 Å². The molecule has 4 nitrogen and oxygen atoms in total. The van der Waals surface area contributed by atoms with E-state index in [9.17, 15) is 4.79 Å². The molecule has 0 spiro atoms. The van der Waals surface area contributed by atoms with Crippen molar-refractivity contribution in [2.45, 2.75) is 26.4 Å². The van der Waals surface area contributed by atoms with E-state index in [1.165, 1.54) is 5.56 Å². The summed E-state index contributed by atoms with van der Waals surface area (Å²) in [5.41, 5.74) is 9.56. The molecule has 1 unspecified atom stereocenters. The van der Waals surface area contributed by atoms with Crippen LogP contribution in [-0.4, -0.2) is 24.1 Å². The minimum Gasteiger partial charge on any atom is -0.447 e. The normalized spacial score (nSPS) is 17.1. The molecular weight excluding hydrogens is 216 g/mol. The van der Waals surface area contributed by atoms with E-state index in [0.717, 1.165) is 17.5 Å². The molecular formula is C13H18N2O2. The van der Waals surface area contributed by atoms with Crippen LogP contribution in [-0.2, 0) is 11.2 Å². The Morgan fingerprint density at radius 1 is 1.53 bits per heavy atom. The van der Waals surface area contributed by atoms with Crippen molar-refractivity contribution in [2.24, 2.45) is 5.73 Å². The highest BCUT2D eigenvalue weighted by Crippen LogP contribution is 2.26. The first kappa shape index (κ1) is 11.9. The predicted octanol–water partition coefficient (Wildman–Crippen LogP) is 1.97. The molecule has 1 saturated heterocycles. The summed E-state index contributed by atoms with van der Waals surface area (Å²) >= 11 is 0. The zero-order valence-electron chi connectivity index (χ0n) is 10.3. The Balaban J connectivity index is 2.35. The van der Waals surface area contributed by atoms with E-state index in [1.807, 2.05) is 19.1 Å². The van der Waals surface area contributed by atoms with E-state index < -0.39 is 6.17 Å². The number of nitrogens with zero attached hydrogens (tertiary/aromatic N) is 1. The first-order valence-electron chi connectivity index (χ1n) is 5.92. The molecule has 0 radical (unpaired) electrons. The molecule has 1 aromatic rings. The number of hydrogen-bond donors (Lipinski definition) is 1. The molecule has 1 fully saturated rings. The maximum atomic E-state index is 11.5. The minimum absolute atomic E-state index is 0.317. The van der Waals surface area contributed by atoms with Crippen molar-refractivity contribution >= 4 is 6.09 Å². The van der Waals surface area contributed by atoms with Gasteiger partial charge >= 0.3 is 6.09 Å². The molecule has 92 valence electrons. The van der Waals surface area contributed by atoms with Crippen LogP contribution in [0.15, 0.2) is 18.2 Å². The van der Waals surface area contributed by atoms with Gasteiger partial charge in [0.2, 0.25) is 0 Å². The fraction of sp³-hybridized carbons (Fsp3) is 0.462. The summed E-state index contributed by atoms with van der Waals surface area (Å²) in [6, 6.07) is 6.10. The lowest BCUT2D eigenvalue weighted by Gasteiger charge is -2.25. The second kappa shape index (κ2) is 4.75. The van der Waals surface area contributed by atoms with Gasteiger partial charge < -0.3 is 10.5 Å². The standard InChI is InChI=1S/C13H18N2O2/c1-3-10-6-4-5-9(2)11(10)12(14)15-7-8-17-13(15)16/h4-6,12H,3,7-8,14H2,1-2H3. The number of aryl methyl sites for hydroxylation is 2. The van der Waals surface area contributed by atoms with Gasteiger partial charge in [-0.3, -0.25) is 4.90 Å². The monoisotopic (exact) mass is 234 g/mol. The van der Waals surface area contributed by atoms with Crippen LogP contribution >= 0.6 is 0 Å². The number of ether oxygens (including phenoxy) is 1. The average molecular weight is 234 g/mol. The molecule has 1 atom stereocenters. The summed E-state index contributed by atoms with van der Waals surface area (Å²) in [7, 11) is 0. The van der Waals surface area contributed by atoms with Crippen molar-refractivity contribution in [1.29, 1.82) is 0 Å². The van der Waals surface area contributed by atoms with E-state index in [1.54, 1.807) is 4.90 Å². The highest BCUT2D eigenvalue weighted by molar-refractivity contribution is 5.70. The molecule has 1 aliphatic heterocycles. The van der Waals surface area contributed by atoms with Gasteiger partial charge in [0.1, 0.15) is 12.8 Å². The molecule has 2 N–H and O–H groups in total. The van der Waals surface area contributed by atoms with Crippen molar-refractivity contribution in [2.75, 3.05) is 13.2 Å². The van der Waals surface area contributed by atoms with Crippen molar-refractivity contribution in [3.05, 3.63) is 34.9 Å². The number of cyclic esters (lactones) is 1. The third kappa shape index (κ3) is 2.13. The maximum absolute atomic E-state index is 11.5. The van der Waals surface area contributed by atoms with E-state index in [0.29, 0.717) is 13.2 Å². The third-order valence-corrected chi connectivity index (χ3v) is 3.22. The Labute approximate surface area is 101 Å². The SMILES string of the molecule is CCc1cccc(C)c1C(N)N1CCOC1=O. The van der Waals surface area contributed by atoms with Gasteiger partial charge in [-0.2, -0.15) is 0 Å². The van der Waals surface area contributed by atoms with E-state index >= 15 is 0 Å². The summed E-state index contributed by atoms with van der Waals surface area (Å²) < 4.78 is 4.93. The molecule has 0 saturated carbocycles. The second-order valence-electron chi connectivity index (χ2n) is 4.25. The quantitative estimate of drug-likeness (QED) is 0.869. The lowest BCUT2D eigenvalue weighted by Crippen LogP contribution is -2.36. The van der Waals surface area contributed by atoms with E-state index in [4.69, 9.17) is 10.5 Å². The first-order valence-corrected chi connectivity index (χ1v) is 5.92. The molecule has 1 aromatic carbocycles. The van der Waals surface area contributed by atoms with Gasteiger partial charge in [-0.25, -0.2) is 4.79 Å². The Bertz CT molecular complexity index is 431. The molecule has 2 rings (SSSR count). The van der Waals surface area contributed by atoms with Crippen LogP contribution in [0.3, 0.4) is 0 Å². The number of hydrogen-bond acceptors (Lipinski definition) is 3. The zero-order chi connectivity index (χ0) is 12.4. The van der Waals surface area contributed by atoms with Crippen molar-refractivity contribution < 1.29 is 9.53 Å². The Hall–Kier alpha value is -1.55. The number of rotatable bonds is 3. The Morgan fingerprint density at radius 3 is 2.88 bits per heavy atom. The highest BCUT2D eigenvalue weighted by Gasteiger charge is 2.29. The largest absolute Gasteiger partial charge is 0.447 e. The van der Waals surface area contributed by atoms with Gasteiger partial charge in [0.15, 0.2) is 0 Å². The topological polar surface area (TPSA) is 55.6 Å². The van der Waals surface area contributed by atoms with Crippen LogP contribution in [0.2, 0.25) is 0 Å².